The molecule has 0 spiro atoms. The molecule has 7 nitrogen and oxygen atoms in total. The van der Waals surface area contributed by atoms with Crippen LogP contribution in [-0.2, 0) is 0 Å². The number of hydrogen-bond donors (Lipinski definition) is 2. The van der Waals surface area contributed by atoms with Gasteiger partial charge in [0.05, 0.1) is 11.3 Å². The molecule has 0 radical (unpaired) electrons. The summed E-state index contributed by atoms with van der Waals surface area (Å²) in [5.74, 6) is 0.925. The van der Waals surface area contributed by atoms with E-state index in [1.54, 1.807) is 6.92 Å². The Morgan fingerprint density at radius 1 is 1.52 bits per heavy atom. The van der Waals surface area contributed by atoms with E-state index in [0.717, 1.165) is 19.6 Å². The highest BCUT2D eigenvalue weighted by atomic mass is 35.5. The highest BCUT2D eigenvalue weighted by molar-refractivity contribution is 6.32. The molecule has 1 aliphatic rings. The lowest BCUT2D eigenvalue weighted by Crippen LogP contribution is -2.50. The molecule has 3 rings (SSSR count). The Balaban J connectivity index is 2.10. The number of aromatic nitrogens is 3. The predicted octanol–water partition coefficient (Wildman–Crippen LogP) is 1.18. The number of aryl methyl sites for hydroxylation is 1. The molecule has 1 aliphatic heterocycles. The standard InChI is InChI=1S/C13H16ClN5O2/c1-7-5-15-3-4-19(7)12-10(14)13(20)17-11(16-12)9-6-21-18-8(9)2/h6-7,15H,3-5H2,1-2H3,(H,16,17,20)/t7-/m1/s1. The van der Waals surface area contributed by atoms with Gasteiger partial charge in [0.1, 0.15) is 17.1 Å². The number of hydrogen-bond acceptors (Lipinski definition) is 6. The van der Waals surface area contributed by atoms with Gasteiger partial charge in [-0.25, -0.2) is 4.98 Å². The molecule has 0 unspecified atom stereocenters. The Bertz CT molecular complexity index is 711. The van der Waals surface area contributed by atoms with Gasteiger partial charge in [-0.1, -0.05) is 16.8 Å². The number of halogens is 1. The lowest BCUT2D eigenvalue weighted by Gasteiger charge is -2.35. The number of H-pyrrole nitrogens is 1. The first-order chi connectivity index (χ1) is 10.1. The van der Waals surface area contributed by atoms with E-state index < -0.39 is 0 Å². The Labute approximate surface area is 126 Å². The molecule has 21 heavy (non-hydrogen) atoms. The van der Waals surface area contributed by atoms with Crippen LogP contribution >= 0.6 is 11.6 Å². The molecule has 1 atom stereocenters. The van der Waals surface area contributed by atoms with E-state index >= 15 is 0 Å². The number of rotatable bonds is 2. The summed E-state index contributed by atoms with van der Waals surface area (Å²) < 4.78 is 4.91. The Morgan fingerprint density at radius 3 is 3.00 bits per heavy atom. The fourth-order valence-electron chi connectivity index (χ4n) is 2.44. The van der Waals surface area contributed by atoms with Crippen molar-refractivity contribution in [3.8, 4) is 11.4 Å². The molecular formula is C13H16ClN5O2. The first-order valence-corrected chi connectivity index (χ1v) is 7.14. The topological polar surface area (TPSA) is 87.1 Å². The molecule has 0 amide bonds. The third-order valence-corrected chi connectivity index (χ3v) is 3.96. The van der Waals surface area contributed by atoms with Crippen molar-refractivity contribution in [3.63, 3.8) is 0 Å². The van der Waals surface area contributed by atoms with E-state index in [9.17, 15) is 4.79 Å². The van der Waals surface area contributed by atoms with Crippen LogP contribution in [0.3, 0.4) is 0 Å². The molecule has 0 aliphatic carbocycles. The van der Waals surface area contributed by atoms with Crippen molar-refractivity contribution >= 4 is 17.4 Å². The lowest BCUT2D eigenvalue weighted by atomic mass is 10.2. The normalized spacial score (nSPS) is 19.0. The summed E-state index contributed by atoms with van der Waals surface area (Å²) in [5.41, 5.74) is 0.968. The van der Waals surface area contributed by atoms with Crippen LogP contribution in [0.1, 0.15) is 12.6 Å². The van der Waals surface area contributed by atoms with Crippen molar-refractivity contribution in [3.05, 3.63) is 27.3 Å². The second-order valence-electron chi connectivity index (χ2n) is 5.11. The highest BCUT2D eigenvalue weighted by Gasteiger charge is 2.24. The van der Waals surface area contributed by atoms with Gasteiger partial charge >= 0.3 is 0 Å². The minimum atomic E-state index is -0.358. The Morgan fingerprint density at radius 2 is 2.33 bits per heavy atom. The summed E-state index contributed by atoms with van der Waals surface area (Å²) in [4.78, 5) is 21.3. The van der Waals surface area contributed by atoms with E-state index in [-0.39, 0.29) is 16.6 Å². The summed E-state index contributed by atoms with van der Waals surface area (Å²) in [6, 6.07) is 0.210. The van der Waals surface area contributed by atoms with E-state index in [1.807, 2.05) is 4.90 Å². The molecule has 0 saturated carbocycles. The molecule has 2 aromatic heterocycles. The van der Waals surface area contributed by atoms with Crippen LogP contribution in [0.4, 0.5) is 5.82 Å². The predicted molar refractivity (Wildman–Crippen MR) is 79.8 cm³/mol. The molecule has 2 aromatic rings. The van der Waals surface area contributed by atoms with Crippen molar-refractivity contribution in [1.29, 1.82) is 0 Å². The summed E-state index contributed by atoms with van der Waals surface area (Å²) >= 11 is 6.16. The van der Waals surface area contributed by atoms with Crippen molar-refractivity contribution in [2.24, 2.45) is 0 Å². The first kappa shape index (κ1) is 14.1. The van der Waals surface area contributed by atoms with E-state index in [4.69, 9.17) is 16.1 Å². The fourth-order valence-corrected chi connectivity index (χ4v) is 2.64. The average molecular weight is 310 g/mol. The van der Waals surface area contributed by atoms with Crippen LogP contribution in [0.25, 0.3) is 11.4 Å². The maximum Gasteiger partial charge on any atom is 0.272 e. The summed E-state index contributed by atoms with van der Waals surface area (Å²) in [5, 5.41) is 7.22. The van der Waals surface area contributed by atoms with Crippen molar-refractivity contribution in [1.82, 2.24) is 20.4 Å². The van der Waals surface area contributed by atoms with Crippen molar-refractivity contribution in [2.45, 2.75) is 19.9 Å². The maximum atomic E-state index is 12.1. The molecule has 3 heterocycles. The molecule has 0 bridgehead atoms. The minimum absolute atomic E-state index is 0.113. The number of piperazine rings is 1. The average Bonchev–Trinajstić information content (AvgIpc) is 2.89. The quantitative estimate of drug-likeness (QED) is 0.866. The van der Waals surface area contributed by atoms with Crippen LogP contribution in [0.5, 0.6) is 0 Å². The van der Waals surface area contributed by atoms with Gasteiger partial charge < -0.3 is 19.7 Å². The number of nitrogens with zero attached hydrogens (tertiary/aromatic N) is 3. The third kappa shape index (κ3) is 2.54. The van der Waals surface area contributed by atoms with Gasteiger partial charge in [-0.05, 0) is 13.8 Å². The first-order valence-electron chi connectivity index (χ1n) is 6.76. The zero-order chi connectivity index (χ0) is 15.0. The van der Waals surface area contributed by atoms with Gasteiger partial charge in [0.25, 0.3) is 5.56 Å². The van der Waals surface area contributed by atoms with Crippen LogP contribution in [0.2, 0.25) is 5.02 Å². The van der Waals surface area contributed by atoms with E-state index in [0.29, 0.717) is 22.9 Å². The lowest BCUT2D eigenvalue weighted by molar-refractivity contribution is 0.415. The van der Waals surface area contributed by atoms with Gasteiger partial charge in [-0.2, -0.15) is 0 Å². The second kappa shape index (κ2) is 5.50. The van der Waals surface area contributed by atoms with Gasteiger partial charge in [0, 0.05) is 25.7 Å². The van der Waals surface area contributed by atoms with Gasteiger partial charge in [0.15, 0.2) is 5.82 Å². The second-order valence-corrected chi connectivity index (χ2v) is 5.49. The van der Waals surface area contributed by atoms with Gasteiger partial charge in [-0.3, -0.25) is 4.79 Å². The Hall–Kier alpha value is -1.86. The fraction of sp³-hybridized carbons (Fsp3) is 0.462. The largest absolute Gasteiger partial charge is 0.364 e. The molecule has 112 valence electrons. The summed E-state index contributed by atoms with van der Waals surface area (Å²) in [6.07, 6.45) is 1.46. The number of nitrogens with one attached hydrogen (secondary N) is 2. The van der Waals surface area contributed by atoms with Crippen LogP contribution in [0, 0.1) is 6.92 Å². The number of anilines is 1. The minimum Gasteiger partial charge on any atom is -0.364 e. The molecule has 2 N–H and O–H groups in total. The smallest absolute Gasteiger partial charge is 0.272 e. The number of aromatic amines is 1. The monoisotopic (exact) mass is 309 g/mol. The maximum absolute atomic E-state index is 12.1. The molecule has 1 fully saturated rings. The molecule has 0 aromatic carbocycles. The molecule has 1 saturated heterocycles. The third-order valence-electron chi connectivity index (χ3n) is 3.62. The molecule has 8 heteroatoms. The van der Waals surface area contributed by atoms with E-state index in [1.165, 1.54) is 6.26 Å². The van der Waals surface area contributed by atoms with Gasteiger partial charge in [0.2, 0.25) is 0 Å². The zero-order valence-corrected chi connectivity index (χ0v) is 12.6. The van der Waals surface area contributed by atoms with E-state index in [2.05, 4.69) is 27.4 Å². The molecular weight excluding hydrogens is 294 g/mol. The highest BCUT2D eigenvalue weighted by Crippen LogP contribution is 2.26. The van der Waals surface area contributed by atoms with Gasteiger partial charge in [-0.15, -0.1) is 0 Å². The van der Waals surface area contributed by atoms with Crippen LogP contribution in [0.15, 0.2) is 15.6 Å². The van der Waals surface area contributed by atoms with Crippen LogP contribution in [-0.4, -0.2) is 40.8 Å². The van der Waals surface area contributed by atoms with Crippen molar-refractivity contribution in [2.75, 3.05) is 24.5 Å². The van der Waals surface area contributed by atoms with Crippen LogP contribution < -0.4 is 15.8 Å². The SMILES string of the molecule is Cc1nocc1-c1nc(N2CCNC[C@H]2C)c(Cl)c(=O)[nH]1. The van der Waals surface area contributed by atoms with Crippen molar-refractivity contribution < 1.29 is 4.52 Å². The summed E-state index contributed by atoms with van der Waals surface area (Å²) in [7, 11) is 0. The zero-order valence-electron chi connectivity index (χ0n) is 11.8. The Kier molecular flexibility index (Phi) is 3.69. The summed E-state index contributed by atoms with van der Waals surface area (Å²) in [6.45, 7) is 6.26.